The van der Waals surface area contributed by atoms with Gasteiger partial charge in [-0.15, -0.1) is 0 Å². The molecular formula is C16H17FN4O6. The second kappa shape index (κ2) is 7.17. The zero-order chi connectivity index (χ0) is 19.6. The number of nitro groups is 1. The van der Waals surface area contributed by atoms with Gasteiger partial charge < -0.3 is 10.1 Å². The first-order valence-corrected chi connectivity index (χ1v) is 8.35. The van der Waals surface area contributed by atoms with Crippen LogP contribution in [0.2, 0.25) is 0 Å². The van der Waals surface area contributed by atoms with Gasteiger partial charge in [0.1, 0.15) is 11.4 Å². The number of carbonyl (C=O) groups is 3. The van der Waals surface area contributed by atoms with Gasteiger partial charge in [-0.25, -0.2) is 9.18 Å². The molecule has 3 rings (SSSR count). The van der Waals surface area contributed by atoms with Gasteiger partial charge in [0.15, 0.2) is 6.61 Å². The number of ether oxygens (including phenoxy) is 1. The summed E-state index contributed by atoms with van der Waals surface area (Å²) in [5, 5.41) is 14.1. The number of urea groups is 1. The fourth-order valence-corrected chi connectivity index (χ4v) is 3.27. The topological polar surface area (TPSA) is 131 Å². The second-order valence-corrected chi connectivity index (χ2v) is 6.41. The Morgan fingerprint density at radius 1 is 1.33 bits per heavy atom. The summed E-state index contributed by atoms with van der Waals surface area (Å²) in [5.74, 6) is -2.64. The van der Waals surface area contributed by atoms with Crippen molar-refractivity contribution in [3.63, 3.8) is 0 Å². The van der Waals surface area contributed by atoms with E-state index in [1.54, 1.807) is 0 Å². The van der Waals surface area contributed by atoms with Crippen LogP contribution < -0.4 is 15.5 Å². The van der Waals surface area contributed by atoms with E-state index >= 15 is 0 Å². The third kappa shape index (κ3) is 3.66. The van der Waals surface area contributed by atoms with Gasteiger partial charge in [0.25, 0.3) is 11.8 Å². The number of rotatable bonds is 5. The minimum atomic E-state index is -0.995. The molecule has 10 nitrogen and oxygen atoms in total. The monoisotopic (exact) mass is 380 g/mol. The van der Waals surface area contributed by atoms with E-state index in [-0.39, 0.29) is 0 Å². The van der Waals surface area contributed by atoms with Gasteiger partial charge in [-0.3, -0.25) is 25.1 Å². The summed E-state index contributed by atoms with van der Waals surface area (Å²) in [4.78, 5) is 46.8. The van der Waals surface area contributed by atoms with E-state index in [0.717, 1.165) is 37.5 Å². The van der Waals surface area contributed by atoms with Crippen molar-refractivity contribution < 1.29 is 28.4 Å². The van der Waals surface area contributed by atoms with Crippen molar-refractivity contribution in [3.8, 4) is 5.75 Å². The number of hydrogen-bond donors (Lipinski definition) is 2. The number of carbonyl (C=O) groups excluding carboxylic acids is 3. The Bertz CT molecular complexity index is 808. The molecule has 1 aliphatic carbocycles. The molecule has 0 unspecified atom stereocenters. The fraction of sp³-hybridized carbons (Fsp3) is 0.438. The van der Waals surface area contributed by atoms with Crippen LogP contribution >= 0.6 is 0 Å². The molecule has 1 aromatic rings. The van der Waals surface area contributed by atoms with Crippen molar-refractivity contribution in [2.24, 2.45) is 0 Å². The van der Waals surface area contributed by atoms with Gasteiger partial charge >= 0.3 is 11.7 Å². The summed E-state index contributed by atoms with van der Waals surface area (Å²) < 4.78 is 18.3. The van der Waals surface area contributed by atoms with Crippen LogP contribution in [0.15, 0.2) is 18.2 Å². The number of nitrogens with zero attached hydrogens (tertiary/aromatic N) is 2. The molecule has 1 saturated carbocycles. The summed E-state index contributed by atoms with van der Waals surface area (Å²) in [7, 11) is 0. The highest BCUT2D eigenvalue weighted by molar-refractivity contribution is 6.08. The molecule has 2 fully saturated rings. The van der Waals surface area contributed by atoms with E-state index < -0.39 is 52.2 Å². The van der Waals surface area contributed by atoms with E-state index in [1.807, 2.05) is 0 Å². The Labute approximate surface area is 152 Å². The van der Waals surface area contributed by atoms with Crippen LogP contribution in [0, 0.1) is 15.9 Å². The first-order valence-electron chi connectivity index (χ1n) is 8.35. The van der Waals surface area contributed by atoms with Gasteiger partial charge in [0, 0.05) is 12.1 Å². The Morgan fingerprint density at radius 2 is 2.04 bits per heavy atom. The Balaban J connectivity index is 1.63. The van der Waals surface area contributed by atoms with Gasteiger partial charge in [0.2, 0.25) is 5.75 Å². The maximum absolute atomic E-state index is 13.3. The lowest BCUT2D eigenvalue weighted by atomic mass is 9.82. The molecule has 27 heavy (non-hydrogen) atoms. The smallest absolute Gasteiger partial charge is 0.344 e. The Hall–Kier alpha value is -3.24. The predicted molar refractivity (Wildman–Crippen MR) is 87.9 cm³/mol. The minimum absolute atomic E-state index is 0.434. The number of hydrogen-bond acceptors (Lipinski definition) is 6. The molecule has 1 spiro atoms. The molecule has 4 amide bonds. The van der Waals surface area contributed by atoms with E-state index in [2.05, 4.69) is 10.7 Å². The van der Waals surface area contributed by atoms with Crippen LogP contribution in [-0.2, 0) is 9.59 Å². The van der Waals surface area contributed by atoms with E-state index in [9.17, 15) is 28.9 Å². The maximum atomic E-state index is 13.3. The molecule has 0 atom stereocenters. The lowest BCUT2D eigenvalue weighted by Crippen LogP contribution is -2.51. The number of nitro benzene ring substituents is 1. The highest BCUT2D eigenvalue weighted by Gasteiger charge is 2.52. The summed E-state index contributed by atoms with van der Waals surface area (Å²) >= 11 is 0. The van der Waals surface area contributed by atoms with E-state index in [4.69, 9.17) is 4.74 Å². The van der Waals surface area contributed by atoms with Crippen molar-refractivity contribution in [1.82, 2.24) is 15.8 Å². The molecular weight excluding hydrogens is 363 g/mol. The highest BCUT2D eigenvalue weighted by atomic mass is 19.1. The summed E-state index contributed by atoms with van der Waals surface area (Å²) in [6.45, 7) is -0.742. The molecule has 1 heterocycles. The molecule has 0 aromatic heterocycles. The lowest BCUT2D eigenvalue weighted by Gasteiger charge is -2.30. The number of nitrogens with one attached hydrogen (secondary N) is 2. The molecule has 11 heteroatoms. The average Bonchev–Trinajstić information content (AvgIpc) is 2.84. The molecule has 2 N–H and O–H groups in total. The fourth-order valence-electron chi connectivity index (χ4n) is 3.27. The maximum Gasteiger partial charge on any atom is 0.344 e. The van der Waals surface area contributed by atoms with Crippen LogP contribution in [0.25, 0.3) is 0 Å². The number of hydrazine groups is 1. The van der Waals surface area contributed by atoms with Crippen LogP contribution in [0.1, 0.15) is 32.1 Å². The van der Waals surface area contributed by atoms with Gasteiger partial charge in [-0.1, -0.05) is 19.3 Å². The van der Waals surface area contributed by atoms with Crippen molar-refractivity contribution in [2.45, 2.75) is 37.6 Å². The van der Waals surface area contributed by atoms with Gasteiger partial charge in [-0.2, -0.15) is 5.01 Å². The van der Waals surface area contributed by atoms with Crippen LogP contribution in [0.5, 0.6) is 5.75 Å². The van der Waals surface area contributed by atoms with E-state index in [0.29, 0.717) is 17.9 Å². The van der Waals surface area contributed by atoms with Crippen LogP contribution in [-0.4, -0.2) is 39.9 Å². The zero-order valence-corrected chi connectivity index (χ0v) is 14.2. The zero-order valence-electron chi connectivity index (χ0n) is 14.2. The molecule has 0 radical (unpaired) electrons. The third-order valence-electron chi connectivity index (χ3n) is 4.58. The minimum Gasteiger partial charge on any atom is -0.477 e. The number of amides is 4. The highest BCUT2D eigenvalue weighted by Crippen LogP contribution is 2.33. The van der Waals surface area contributed by atoms with Gasteiger partial charge in [0.05, 0.1) is 4.92 Å². The molecule has 2 aliphatic rings. The standard InChI is InChI=1S/C16H17FN4O6/c17-10-4-5-11(21(25)26)12(8-10)27-9-13(22)19-20-14(23)16(18-15(20)24)6-2-1-3-7-16/h4-5,8H,1-3,6-7,9H2,(H,18,24)(H,19,22). The first-order chi connectivity index (χ1) is 12.8. The molecule has 1 aromatic carbocycles. The number of halogens is 1. The van der Waals surface area contributed by atoms with Gasteiger partial charge in [-0.05, 0) is 18.9 Å². The first kappa shape index (κ1) is 18.5. The average molecular weight is 380 g/mol. The molecule has 1 saturated heterocycles. The normalized spacial score (nSPS) is 18.3. The number of imide groups is 1. The Kier molecular flexibility index (Phi) is 4.93. The Morgan fingerprint density at radius 3 is 2.70 bits per heavy atom. The molecule has 1 aliphatic heterocycles. The van der Waals surface area contributed by atoms with Crippen molar-refractivity contribution in [3.05, 3.63) is 34.1 Å². The second-order valence-electron chi connectivity index (χ2n) is 6.41. The lowest BCUT2D eigenvalue weighted by molar-refractivity contribution is -0.385. The summed E-state index contributed by atoms with van der Waals surface area (Å²) in [6.07, 6.45) is 3.55. The summed E-state index contributed by atoms with van der Waals surface area (Å²) in [5.41, 5.74) is 0.619. The predicted octanol–water partition coefficient (Wildman–Crippen LogP) is 1.40. The SMILES string of the molecule is O=C(COc1cc(F)ccc1[N+](=O)[O-])NN1C(=O)NC2(CCCCC2)C1=O. The third-order valence-corrected chi connectivity index (χ3v) is 4.58. The molecule has 144 valence electrons. The van der Waals surface area contributed by atoms with E-state index in [1.165, 1.54) is 0 Å². The van der Waals surface area contributed by atoms with Crippen molar-refractivity contribution in [2.75, 3.05) is 6.61 Å². The summed E-state index contributed by atoms with van der Waals surface area (Å²) in [6, 6.07) is 1.83. The van der Waals surface area contributed by atoms with Crippen LogP contribution in [0.3, 0.4) is 0 Å². The number of benzene rings is 1. The van der Waals surface area contributed by atoms with Crippen LogP contribution in [0.4, 0.5) is 14.9 Å². The molecule has 0 bridgehead atoms. The van der Waals surface area contributed by atoms with Crippen molar-refractivity contribution >= 4 is 23.5 Å². The largest absolute Gasteiger partial charge is 0.477 e. The van der Waals surface area contributed by atoms with Crippen molar-refractivity contribution in [1.29, 1.82) is 0 Å². The quantitative estimate of drug-likeness (QED) is 0.451.